The Hall–Kier alpha value is -1.70. The van der Waals surface area contributed by atoms with Gasteiger partial charge in [0.15, 0.2) is 0 Å². The highest BCUT2D eigenvalue weighted by Crippen LogP contribution is 2.69. The van der Waals surface area contributed by atoms with Crippen LogP contribution >= 0.6 is 0 Å². The van der Waals surface area contributed by atoms with Crippen LogP contribution in [-0.4, -0.2) is 59.3 Å². The van der Waals surface area contributed by atoms with Crippen LogP contribution in [0.4, 0.5) is 0 Å². The molecule has 0 radical (unpaired) electrons. The smallest absolute Gasteiger partial charge is 0.330 e. The van der Waals surface area contributed by atoms with Gasteiger partial charge in [0, 0.05) is 24.0 Å². The zero-order valence-corrected chi connectivity index (χ0v) is 27.4. The predicted octanol–water partition coefficient (Wildman–Crippen LogP) is 6.41. The molecule has 4 aliphatic rings. The topological polar surface area (TPSA) is 102 Å². The second-order valence-corrected chi connectivity index (χ2v) is 15.3. The fourth-order valence-electron chi connectivity index (χ4n) is 10.2. The number of carbonyl (C=O) groups excluding carboxylic acids is 2. The third kappa shape index (κ3) is 6.79. The van der Waals surface area contributed by atoms with Crippen molar-refractivity contribution in [3.05, 3.63) is 25.3 Å². The zero-order valence-electron chi connectivity index (χ0n) is 27.4. The fourth-order valence-corrected chi connectivity index (χ4v) is 10.2. The molecule has 0 spiro atoms. The SMILES string of the molecule is C=CC(=O)OCC(O)COC1CC[C@]2(C)[C@H]3CC[C@]4(C)[C@@H]([C@H](C)CCCC(C)C)CC[C@H]4[C@@H]3CC(OC(=O)C=C)[C@@]2(O)C1. The first-order chi connectivity index (χ1) is 20.3. The number of hydrogen-bond donors (Lipinski definition) is 2. The molecule has 11 atom stereocenters. The van der Waals surface area contributed by atoms with E-state index < -0.39 is 35.2 Å². The summed E-state index contributed by atoms with van der Waals surface area (Å²) in [5.74, 6) is 2.41. The van der Waals surface area contributed by atoms with Crippen LogP contribution in [0.15, 0.2) is 25.3 Å². The molecule has 0 aromatic carbocycles. The minimum Gasteiger partial charge on any atom is -0.460 e. The number of ether oxygens (including phenoxy) is 3. The third-order valence-electron chi connectivity index (χ3n) is 12.5. The van der Waals surface area contributed by atoms with E-state index in [-0.39, 0.29) is 24.7 Å². The summed E-state index contributed by atoms with van der Waals surface area (Å²) in [5, 5.41) is 22.9. The van der Waals surface area contributed by atoms with Crippen molar-refractivity contribution in [2.24, 2.45) is 46.3 Å². The van der Waals surface area contributed by atoms with Crippen LogP contribution in [0.25, 0.3) is 0 Å². The molecule has 4 aliphatic carbocycles. The molecule has 4 fully saturated rings. The van der Waals surface area contributed by atoms with Crippen molar-refractivity contribution in [3.8, 4) is 0 Å². The maximum absolute atomic E-state index is 12.6. The van der Waals surface area contributed by atoms with E-state index in [0.717, 1.165) is 37.2 Å². The third-order valence-corrected chi connectivity index (χ3v) is 12.5. The summed E-state index contributed by atoms with van der Waals surface area (Å²) in [6.45, 7) is 18.7. The second-order valence-electron chi connectivity index (χ2n) is 15.3. The lowest BCUT2D eigenvalue weighted by atomic mass is 9.42. The van der Waals surface area contributed by atoms with Crippen molar-refractivity contribution in [1.82, 2.24) is 0 Å². The van der Waals surface area contributed by atoms with Crippen LogP contribution in [0.3, 0.4) is 0 Å². The van der Waals surface area contributed by atoms with Gasteiger partial charge in [0.1, 0.15) is 24.4 Å². The summed E-state index contributed by atoms with van der Waals surface area (Å²) in [6.07, 6.45) is 11.5. The van der Waals surface area contributed by atoms with Crippen LogP contribution in [0, 0.1) is 46.3 Å². The van der Waals surface area contributed by atoms with E-state index in [1.54, 1.807) is 0 Å². The second kappa shape index (κ2) is 13.7. The summed E-state index contributed by atoms with van der Waals surface area (Å²) >= 11 is 0. The van der Waals surface area contributed by atoms with Gasteiger partial charge in [-0.15, -0.1) is 0 Å². The van der Waals surface area contributed by atoms with Gasteiger partial charge in [-0.05, 0) is 85.9 Å². The summed E-state index contributed by atoms with van der Waals surface area (Å²) in [5.41, 5.74) is -1.38. The van der Waals surface area contributed by atoms with Crippen LogP contribution in [0.5, 0.6) is 0 Å². The van der Waals surface area contributed by atoms with Crippen LogP contribution < -0.4 is 0 Å². The van der Waals surface area contributed by atoms with E-state index in [2.05, 4.69) is 47.8 Å². The van der Waals surface area contributed by atoms with Gasteiger partial charge in [0.2, 0.25) is 0 Å². The molecule has 43 heavy (non-hydrogen) atoms. The van der Waals surface area contributed by atoms with Crippen molar-refractivity contribution in [1.29, 1.82) is 0 Å². The minimum absolute atomic E-state index is 0.0117. The monoisotopic (exact) mass is 602 g/mol. The first-order valence-electron chi connectivity index (χ1n) is 16.9. The lowest BCUT2D eigenvalue weighted by Crippen LogP contribution is -2.69. The maximum atomic E-state index is 12.6. The lowest BCUT2D eigenvalue weighted by Gasteiger charge is -2.65. The van der Waals surface area contributed by atoms with Gasteiger partial charge in [0.05, 0.1) is 12.7 Å². The Balaban J connectivity index is 1.51. The molecular formula is C36H58O7. The summed E-state index contributed by atoms with van der Waals surface area (Å²) in [4.78, 5) is 24.0. The van der Waals surface area contributed by atoms with E-state index in [0.29, 0.717) is 36.5 Å². The Bertz CT molecular complexity index is 1010. The van der Waals surface area contributed by atoms with Gasteiger partial charge in [0.25, 0.3) is 0 Å². The van der Waals surface area contributed by atoms with Crippen molar-refractivity contribution in [3.63, 3.8) is 0 Å². The molecule has 0 aliphatic heterocycles. The molecule has 7 nitrogen and oxygen atoms in total. The highest BCUT2D eigenvalue weighted by atomic mass is 16.6. The minimum atomic E-state index is -1.24. The highest BCUT2D eigenvalue weighted by molar-refractivity contribution is 5.81. The molecule has 4 saturated carbocycles. The Kier molecular flexibility index (Phi) is 10.9. The zero-order chi connectivity index (χ0) is 31.6. The molecule has 0 heterocycles. The molecule has 3 unspecified atom stereocenters. The average Bonchev–Trinajstić information content (AvgIpc) is 3.32. The normalized spacial score (nSPS) is 40.0. The summed E-state index contributed by atoms with van der Waals surface area (Å²) in [7, 11) is 0. The Morgan fingerprint density at radius 3 is 2.35 bits per heavy atom. The molecule has 4 rings (SSSR count). The Morgan fingerprint density at radius 1 is 0.953 bits per heavy atom. The summed E-state index contributed by atoms with van der Waals surface area (Å²) < 4.78 is 17.0. The number of hydrogen-bond acceptors (Lipinski definition) is 7. The quantitative estimate of drug-likeness (QED) is 0.186. The Morgan fingerprint density at radius 2 is 1.67 bits per heavy atom. The van der Waals surface area contributed by atoms with E-state index in [1.807, 2.05) is 0 Å². The van der Waals surface area contributed by atoms with Gasteiger partial charge < -0.3 is 24.4 Å². The standard InChI is InChI=1S/C36H58O7/c1-8-32(38)42-22-25(37)21-41-26-15-18-35(7)30-16-17-34(6)28(24(5)12-10-11-23(3)4)13-14-29(34)27(30)19-31(36(35,40)20-26)43-33(39)9-2/h8-9,23-31,37,40H,1-2,10-22H2,3-7H3/t24-,25?,26?,27+,28-,29+,30+,31?,34-,35-,36+/m1/s1. The van der Waals surface area contributed by atoms with Gasteiger partial charge in [-0.25, -0.2) is 9.59 Å². The van der Waals surface area contributed by atoms with Crippen LogP contribution in [0.2, 0.25) is 0 Å². The molecule has 0 saturated heterocycles. The van der Waals surface area contributed by atoms with E-state index >= 15 is 0 Å². The van der Waals surface area contributed by atoms with Gasteiger partial charge >= 0.3 is 11.9 Å². The molecule has 7 heteroatoms. The van der Waals surface area contributed by atoms with Crippen LogP contribution in [0.1, 0.15) is 105 Å². The average molecular weight is 603 g/mol. The van der Waals surface area contributed by atoms with E-state index in [4.69, 9.17) is 14.2 Å². The van der Waals surface area contributed by atoms with Crippen molar-refractivity contribution in [2.75, 3.05) is 13.2 Å². The molecule has 0 bridgehead atoms. The van der Waals surface area contributed by atoms with Crippen molar-refractivity contribution < 1.29 is 34.0 Å². The largest absolute Gasteiger partial charge is 0.460 e. The number of aliphatic hydroxyl groups excluding tert-OH is 1. The predicted molar refractivity (Wildman–Crippen MR) is 167 cm³/mol. The number of esters is 2. The van der Waals surface area contributed by atoms with E-state index in [9.17, 15) is 19.8 Å². The van der Waals surface area contributed by atoms with Gasteiger partial charge in [-0.3, -0.25) is 0 Å². The van der Waals surface area contributed by atoms with E-state index in [1.165, 1.54) is 44.6 Å². The Labute approximate surface area is 259 Å². The fraction of sp³-hybridized carbons (Fsp3) is 0.833. The molecule has 0 amide bonds. The number of carbonyl (C=O) groups is 2. The molecule has 244 valence electrons. The first-order valence-corrected chi connectivity index (χ1v) is 16.9. The maximum Gasteiger partial charge on any atom is 0.330 e. The lowest BCUT2D eigenvalue weighted by molar-refractivity contribution is -0.273. The van der Waals surface area contributed by atoms with Crippen molar-refractivity contribution in [2.45, 2.75) is 129 Å². The number of rotatable bonds is 13. The summed E-state index contributed by atoms with van der Waals surface area (Å²) in [6, 6.07) is 0. The first kappa shape index (κ1) is 34.2. The number of fused-ring (bicyclic) bond motifs is 5. The highest BCUT2D eigenvalue weighted by Gasteiger charge is 2.68. The molecular weight excluding hydrogens is 544 g/mol. The van der Waals surface area contributed by atoms with Crippen LogP contribution in [-0.2, 0) is 23.8 Å². The van der Waals surface area contributed by atoms with Crippen molar-refractivity contribution >= 4 is 11.9 Å². The van der Waals surface area contributed by atoms with Gasteiger partial charge in [-0.2, -0.15) is 0 Å². The molecule has 0 aromatic rings. The molecule has 2 N–H and O–H groups in total. The molecule has 0 aromatic heterocycles. The van der Waals surface area contributed by atoms with Gasteiger partial charge in [-0.1, -0.05) is 67.0 Å². The number of aliphatic hydroxyl groups is 2.